The van der Waals surface area contributed by atoms with E-state index in [9.17, 15) is 13.2 Å². The Bertz CT molecular complexity index is 1180. The van der Waals surface area contributed by atoms with Gasteiger partial charge in [0.25, 0.3) is 0 Å². The van der Waals surface area contributed by atoms with Crippen molar-refractivity contribution in [1.29, 1.82) is 5.26 Å². The fourth-order valence-electron chi connectivity index (χ4n) is 2.70. The van der Waals surface area contributed by atoms with Crippen LogP contribution in [0.25, 0.3) is 0 Å². The average molecular weight is 407 g/mol. The highest BCUT2D eigenvalue weighted by Gasteiger charge is 2.17. The van der Waals surface area contributed by atoms with Gasteiger partial charge in [0.15, 0.2) is 21.3 Å². The predicted octanol–water partition coefficient (Wildman–Crippen LogP) is 3.76. The number of hydrogen-bond acceptors (Lipinski definition) is 6. The van der Waals surface area contributed by atoms with E-state index in [0.29, 0.717) is 11.1 Å². The number of esters is 1. The average Bonchev–Trinajstić information content (AvgIpc) is 2.74. The fraction of sp³-hybridized carbons (Fsp3) is 0.0909. The molecule has 0 bridgehead atoms. The molecule has 0 N–H and O–H groups in total. The first kappa shape index (κ1) is 20.1. The van der Waals surface area contributed by atoms with E-state index in [-0.39, 0.29) is 27.7 Å². The van der Waals surface area contributed by atoms with Gasteiger partial charge >= 0.3 is 5.97 Å². The molecule has 0 fully saturated rings. The maximum absolute atomic E-state index is 12.6. The second-order valence-corrected chi connectivity index (χ2v) is 8.13. The van der Waals surface area contributed by atoms with Crippen molar-refractivity contribution >= 4 is 15.8 Å². The van der Waals surface area contributed by atoms with Crippen molar-refractivity contribution in [2.45, 2.75) is 10.6 Å². The first-order chi connectivity index (χ1) is 13.9. The van der Waals surface area contributed by atoms with Crippen LogP contribution < -0.4 is 9.47 Å². The summed E-state index contributed by atoms with van der Waals surface area (Å²) >= 11 is 0. The van der Waals surface area contributed by atoms with Crippen molar-refractivity contribution in [1.82, 2.24) is 0 Å². The van der Waals surface area contributed by atoms with E-state index in [0.717, 1.165) is 0 Å². The van der Waals surface area contributed by atoms with Crippen molar-refractivity contribution < 1.29 is 22.7 Å². The lowest BCUT2D eigenvalue weighted by Crippen LogP contribution is -2.11. The highest BCUT2D eigenvalue weighted by molar-refractivity contribution is 7.90. The Labute approximate surface area is 168 Å². The maximum atomic E-state index is 12.6. The maximum Gasteiger partial charge on any atom is 0.343 e. The summed E-state index contributed by atoms with van der Waals surface area (Å²) < 4.78 is 35.6. The minimum absolute atomic E-state index is 0.166. The van der Waals surface area contributed by atoms with Crippen molar-refractivity contribution in [2.75, 3.05) is 7.11 Å². The first-order valence-electron chi connectivity index (χ1n) is 8.60. The molecule has 0 aromatic heterocycles. The molecular formula is C22H17NO5S. The van der Waals surface area contributed by atoms with E-state index in [1.807, 2.05) is 6.07 Å². The van der Waals surface area contributed by atoms with Gasteiger partial charge in [0, 0.05) is 6.07 Å². The highest BCUT2D eigenvalue weighted by Crippen LogP contribution is 2.28. The molecule has 0 aliphatic carbocycles. The van der Waals surface area contributed by atoms with Gasteiger partial charge < -0.3 is 9.47 Å². The monoisotopic (exact) mass is 407 g/mol. The number of nitriles is 1. The normalized spacial score (nSPS) is 10.8. The first-order valence-corrected chi connectivity index (χ1v) is 10.3. The lowest BCUT2D eigenvalue weighted by Gasteiger charge is -2.10. The minimum atomic E-state index is -3.54. The molecule has 0 saturated heterocycles. The molecular weight excluding hydrogens is 390 g/mol. The quantitative estimate of drug-likeness (QED) is 0.456. The van der Waals surface area contributed by atoms with Crippen LogP contribution in [0.2, 0.25) is 0 Å². The van der Waals surface area contributed by atoms with Crippen molar-refractivity contribution in [3.05, 3.63) is 89.5 Å². The number of benzene rings is 3. The standard InChI is InChI=1S/C22H17NO5S/c1-27-21-13-16(14-23)10-11-20(21)28-22(24)18-7-5-6-17(12-18)15-29(25,26)19-8-3-2-4-9-19/h2-13H,15H2,1H3. The molecule has 0 aliphatic rings. The van der Waals surface area contributed by atoms with Crippen LogP contribution in [0.15, 0.2) is 77.7 Å². The summed E-state index contributed by atoms with van der Waals surface area (Å²) in [6.07, 6.45) is 0. The molecule has 0 heterocycles. The molecule has 0 spiro atoms. The van der Waals surface area contributed by atoms with Gasteiger partial charge in [-0.2, -0.15) is 5.26 Å². The number of ether oxygens (including phenoxy) is 2. The third kappa shape index (κ3) is 4.81. The molecule has 0 saturated carbocycles. The van der Waals surface area contributed by atoms with Crippen LogP contribution in [0.4, 0.5) is 0 Å². The molecule has 3 aromatic rings. The second kappa shape index (κ2) is 8.59. The van der Waals surface area contributed by atoms with Crippen LogP contribution >= 0.6 is 0 Å². The number of carbonyl (C=O) groups is 1. The van der Waals surface area contributed by atoms with Crippen LogP contribution in [0.1, 0.15) is 21.5 Å². The zero-order valence-corrected chi connectivity index (χ0v) is 16.3. The van der Waals surface area contributed by atoms with E-state index in [1.54, 1.807) is 30.3 Å². The Morgan fingerprint density at radius 2 is 1.72 bits per heavy atom. The predicted molar refractivity (Wildman–Crippen MR) is 106 cm³/mol. The van der Waals surface area contributed by atoms with Crippen molar-refractivity contribution in [2.24, 2.45) is 0 Å². The molecule has 3 aromatic carbocycles. The lowest BCUT2D eigenvalue weighted by atomic mass is 10.1. The van der Waals surface area contributed by atoms with Gasteiger partial charge in [0.1, 0.15) is 0 Å². The molecule has 3 rings (SSSR count). The number of carbonyl (C=O) groups excluding carboxylic acids is 1. The van der Waals surface area contributed by atoms with Gasteiger partial charge in [-0.25, -0.2) is 13.2 Å². The van der Waals surface area contributed by atoms with Gasteiger partial charge in [0.05, 0.1) is 35.0 Å². The summed E-state index contributed by atoms with van der Waals surface area (Å²) in [6, 6.07) is 20.8. The molecule has 29 heavy (non-hydrogen) atoms. The van der Waals surface area contributed by atoms with Gasteiger partial charge in [0.2, 0.25) is 0 Å². The van der Waals surface area contributed by atoms with E-state index in [2.05, 4.69) is 0 Å². The van der Waals surface area contributed by atoms with Gasteiger partial charge in [-0.1, -0.05) is 30.3 Å². The number of sulfone groups is 1. The van der Waals surface area contributed by atoms with Crippen LogP contribution in [0, 0.1) is 11.3 Å². The molecule has 0 radical (unpaired) electrons. The van der Waals surface area contributed by atoms with Gasteiger partial charge in [-0.05, 0) is 42.0 Å². The second-order valence-electron chi connectivity index (χ2n) is 6.14. The van der Waals surface area contributed by atoms with Crippen LogP contribution in [0.5, 0.6) is 11.5 Å². The van der Waals surface area contributed by atoms with E-state index in [4.69, 9.17) is 14.7 Å². The van der Waals surface area contributed by atoms with E-state index in [1.165, 1.54) is 49.6 Å². The molecule has 0 amide bonds. The molecule has 6 nitrogen and oxygen atoms in total. The van der Waals surface area contributed by atoms with E-state index >= 15 is 0 Å². The highest BCUT2D eigenvalue weighted by atomic mass is 32.2. The number of nitrogens with zero attached hydrogens (tertiary/aromatic N) is 1. The molecule has 0 atom stereocenters. The van der Waals surface area contributed by atoms with Crippen molar-refractivity contribution in [3.63, 3.8) is 0 Å². The zero-order chi connectivity index (χ0) is 20.9. The Morgan fingerprint density at radius 3 is 2.41 bits per heavy atom. The Morgan fingerprint density at radius 1 is 0.966 bits per heavy atom. The van der Waals surface area contributed by atoms with Crippen LogP contribution in [0.3, 0.4) is 0 Å². The van der Waals surface area contributed by atoms with Gasteiger partial charge in [-0.3, -0.25) is 0 Å². The number of methoxy groups -OCH3 is 1. The number of rotatable bonds is 6. The molecule has 0 aliphatic heterocycles. The SMILES string of the molecule is COc1cc(C#N)ccc1OC(=O)c1cccc(CS(=O)(=O)c2ccccc2)c1. The van der Waals surface area contributed by atoms with Crippen molar-refractivity contribution in [3.8, 4) is 17.6 Å². The molecule has 7 heteroatoms. The third-order valence-corrected chi connectivity index (χ3v) is 5.82. The summed E-state index contributed by atoms with van der Waals surface area (Å²) in [7, 11) is -2.13. The summed E-state index contributed by atoms with van der Waals surface area (Å²) in [4.78, 5) is 12.8. The van der Waals surface area contributed by atoms with Crippen LogP contribution in [-0.4, -0.2) is 21.5 Å². The summed E-state index contributed by atoms with van der Waals surface area (Å²) in [5, 5.41) is 8.95. The largest absolute Gasteiger partial charge is 0.493 e. The fourth-order valence-corrected chi connectivity index (χ4v) is 4.06. The number of hydrogen-bond donors (Lipinski definition) is 0. The van der Waals surface area contributed by atoms with Crippen LogP contribution in [-0.2, 0) is 15.6 Å². The molecule has 146 valence electrons. The summed E-state index contributed by atoms with van der Waals surface area (Å²) in [6.45, 7) is 0. The lowest BCUT2D eigenvalue weighted by molar-refractivity contribution is 0.0729. The smallest absolute Gasteiger partial charge is 0.343 e. The summed E-state index contributed by atoms with van der Waals surface area (Å²) in [5.41, 5.74) is 1.04. The Kier molecular flexibility index (Phi) is 5.96. The minimum Gasteiger partial charge on any atom is -0.493 e. The third-order valence-electron chi connectivity index (χ3n) is 4.12. The topological polar surface area (TPSA) is 93.5 Å². The Balaban J connectivity index is 1.81. The Hall–Kier alpha value is -3.63. The van der Waals surface area contributed by atoms with Gasteiger partial charge in [-0.15, -0.1) is 0 Å². The molecule has 0 unspecified atom stereocenters. The summed E-state index contributed by atoms with van der Waals surface area (Å²) in [5.74, 6) is -0.482. The van der Waals surface area contributed by atoms with E-state index < -0.39 is 15.8 Å². The zero-order valence-electron chi connectivity index (χ0n) is 15.5.